The number of fused-ring (bicyclic) bond motifs is 2. The highest BCUT2D eigenvalue weighted by molar-refractivity contribution is 7.89. The molecule has 3 aromatic rings. The van der Waals surface area contributed by atoms with Crippen molar-refractivity contribution < 1.29 is 22.7 Å². The third-order valence-corrected chi connectivity index (χ3v) is 7.54. The molecule has 11 nitrogen and oxygen atoms in total. The lowest BCUT2D eigenvalue weighted by atomic mass is 10.1. The molecule has 2 aliphatic heterocycles. The molecule has 2 aromatic carbocycles. The molecule has 1 amide bonds. The summed E-state index contributed by atoms with van der Waals surface area (Å²) in [6.45, 7) is 1.47. The Morgan fingerprint density at radius 2 is 1.48 bits per heavy atom. The average molecular weight is 472 g/mol. The first-order chi connectivity index (χ1) is 15.8. The summed E-state index contributed by atoms with van der Waals surface area (Å²) in [5, 5.41) is 0. The standard InChI is InChI=1S/C21H20N4O7S/c26-19-20(27)23-16-11-13(1-3-15(16)22-19)21(28)24-5-7-25(8-6-24)33(29,30)14-2-4-17-18(12-14)32-10-9-31-17/h1-4,11-12H,5-10H2,(H,22,26)(H,23,27). The molecule has 0 spiro atoms. The van der Waals surface area contributed by atoms with Crippen LogP contribution in [0, 0.1) is 0 Å². The van der Waals surface area contributed by atoms with Crippen LogP contribution in [0.3, 0.4) is 0 Å². The van der Waals surface area contributed by atoms with E-state index in [1.807, 2.05) is 0 Å². The van der Waals surface area contributed by atoms with Gasteiger partial charge in [0.25, 0.3) is 5.91 Å². The van der Waals surface area contributed by atoms with Crippen molar-refractivity contribution in [3.05, 3.63) is 62.7 Å². The van der Waals surface area contributed by atoms with Crippen molar-refractivity contribution >= 4 is 27.0 Å². The number of aromatic amines is 2. The quantitative estimate of drug-likeness (QED) is 0.516. The summed E-state index contributed by atoms with van der Waals surface area (Å²) in [5.41, 5.74) is -0.493. The largest absolute Gasteiger partial charge is 0.486 e. The van der Waals surface area contributed by atoms with E-state index in [0.717, 1.165) is 0 Å². The number of amides is 1. The monoisotopic (exact) mass is 472 g/mol. The number of hydrogen-bond donors (Lipinski definition) is 2. The van der Waals surface area contributed by atoms with Gasteiger partial charge in [0.15, 0.2) is 11.5 Å². The number of hydrogen-bond acceptors (Lipinski definition) is 7. The maximum atomic E-state index is 13.1. The van der Waals surface area contributed by atoms with E-state index >= 15 is 0 Å². The maximum absolute atomic E-state index is 13.1. The van der Waals surface area contributed by atoms with E-state index in [1.165, 1.54) is 22.5 Å². The molecular formula is C21H20N4O7S. The minimum atomic E-state index is -3.76. The normalized spacial score (nSPS) is 16.7. The van der Waals surface area contributed by atoms with Crippen LogP contribution in [0.25, 0.3) is 11.0 Å². The van der Waals surface area contributed by atoms with Crippen LogP contribution in [0.1, 0.15) is 10.4 Å². The van der Waals surface area contributed by atoms with Crippen LogP contribution < -0.4 is 20.6 Å². The maximum Gasteiger partial charge on any atom is 0.314 e. The average Bonchev–Trinajstić information content (AvgIpc) is 2.84. The Labute approximate surface area is 187 Å². The van der Waals surface area contributed by atoms with E-state index in [9.17, 15) is 22.8 Å². The third-order valence-electron chi connectivity index (χ3n) is 5.65. The van der Waals surface area contributed by atoms with Gasteiger partial charge in [-0.3, -0.25) is 14.4 Å². The number of ether oxygens (including phenoxy) is 2. The van der Waals surface area contributed by atoms with Crippen molar-refractivity contribution in [2.75, 3.05) is 39.4 Å². The molecule has 0 atom stereocenters. The van der Waals surface area contributed by atoms with Crippen molar-refractivity contribution in [1.29, 1.82) is 0 Å². The summed E-state index contributed by atoms with van der Waals surface area (Å²) in [5.74, 6) is 0.614. The fraction of sp³-hybridized carbons (Fsp3) is 0.286. The number of carbonyl (C=O) groups excluding carboxylic acids is 1. The van der Waals surface area contributed by atoms with Crippen LogP contribution >= 0.6 is 0 Å². The molecule has 2 N–H and O–H groups in total. The van der Waals surface area contributed by atoms with Crippen LogP contribution in [0.2, 0.25) is 0 Å². The lowest BCUT2D eigenvalue weighted by molar-refractivity contribution is 0.0698. The van der Waals surface area contributed by atoms with Gasteiger partial charge in [0.2, 0.25) is 10.0 Å². The molecule has 0 unspecified atom stereocenters. The van der Waals surface area contributed by atoms with Crippen LogP contribution in [-0.2, 0) is 10.0 Å². The molecule has 0 bridgehead atoms. The number of sulfonamides is 1. The Bertz CT molecular complexity index is 1470. The van der Waals surface area contributed by atoms with Gasteiger partial charge in [-0.2, -0.15) is 4.31 Å². The van der Waals surface area contributed by atoms with Crippen LogP contribution in [0.15, 0.2) is 50.9 Å². The molecule has 0 saturated carbocycles. The number of benzene rings is 2. The Morgan fingerprint density at radius 3 is 2.21 bits per heavy atom. The molecule has 3 heterocycles. The topological polar surface area (TPSA) is 142 Å². The summed E-state index contributed by atoms with van der Waals surface area (Å²) < 4.78 is 38.4. The Balaban J connectivity index is 1.31. The van der Waals surface area contributed by atoms with E-state index in [-0.39, 0.29) is 37.0 Å². The van der Waals surface area contributed by atoms with E-state index < -0.39 is 21.1 Å². The second kappa shape index (κ2) is 8.05. The summed E-state index contributed by atoms with van der Waals surface area (Å²) in [6.07, 6.45) is 0. The lowest BCUT2D eigenvalue weighted by Crippen LogP contribution is -2.50. The Kier molecular flexibility index (Phi) is 5.17. The van der Waals surface area contributed by atoms with Gasteiger partial charge in [0.05, 0.1) is 15.9 Å². The highest BCUT2D eigenvalue weighted by Gasteiger charge is 2.31. The number of nitrogens with zero attached hydrogens (tertiary/aromatic N) is 2. The van der Waals surface area contributed by atoms with Crippen molar-refractivity contribution in [3.8, 4) is 11.5 Å². The molecule has 172 valence electrons. The molecule has 5 rings (SSSR count). The number of aromatic nitrogens is 2. The van der Waals surface area contributed by atoms with Gasteiger partial charge in [-0.15, -0.1) is 0 Å². The molecule has 1 aromatic heterocycles. The summed E-state index contributed by atoms with van der Waals surface area (Å²) in [4.78, 5) is 42.5. The van der Waals surface area contributed by atoms with Gasteiger partial charge in [0, 0.05) is 37.8 Å². The number of nitrogens with one attached hydrogen (secondary N) is 2. The molecule has 1 saturated heterocycles. The fourth-order valence-electron chi connectivity index (χ4n) is 3.90. The van der Waals surface area contributed by atoms with Crippen LogP contribution in [0.5, 0.6) is 11.5 Å². The molecule has 0 aliphatic carbocycles. The smallest absolute Gasteiger partial charge is 0.314 e. The minimum Gasteiger partial charge on any atom is -0.486 e. The minimum absolute atomic E-state index is 0.110. The molecular weight excluding hydrogens is 452 g/mol. The first kappa shape index (κ1) is 21.2. The SMILES string of the molecule is O=C(c1ccc2[nH]c(=O)c(=O)[nH]c2c1)N1CCN(S(=O)(=O)c2ccc3c(c2)OCCO3)CC1. The number of carbonyl (C=O) groups is 1. The highest BCUT2D eigenvalue weighted by atomic mass is 32.2. The van der Waals surface area contributed by atoms with Gasteiger partial charge in [-0.1, -0.05) is 0 Å². The van der Waals surface area contributed by atoms with E-state index in [4.69, 9.17) is 9.47 Å². The summed E-state index contributed by atoms with van der Waals surface area (Å²) >= 11 is 0. The zero-order valence-electron chi connectivity index (χ0n) is 17.4. The van der Waals surface area contributed by atoms with Crippen LogP contribution in [0.4, 0.5) is 0 Å². The molecule has 1 fully saturated rings. The molecule has 12 heteroatoms. The van der Waals surface area contributed by atoms with Crippen molar-refractivity contribution in [3.63, 3.8) is 0 Å². The lowest BCUT2D eigenvalue weighted by Gasteiger charge is -2.34. The molecule has 0 radical (unpaired) electrons. The Hall–Kier alpha value is -3.64. The highest BCUT2D eigenvalue weighted by Crippen LogP contribution is 2.33. The van der Waals surface area contributed by atoms with Crippen molar-refractivity contribution in [2.45, 2.75) is 4.90 Å². The number of piperazine rings is 1. The van der Waals surface area contributed by atoms with Gasteiger partial charge in [-0.25, -0.2) is 8.42 Å². The second-order valence-corrected chi connectivity index (χ2v) is 9.61. The number of H-pyrrole nitrogens is 2. The van der Waals surface area contributed by atoms with Crippen molar-refractivity contribution in [2.24, 2.45) is 0 Å². The fourth-order valence-corrected chi connectivity index (χ4v) is 5.33. The van der Waals surface area contributed by atoms with Crippen LogP contribution in [-0.4, -0.2) is 72.9 Å². The first-order valence-corrected chi connectivity index (χ1v) is 11.7. The van der Waals surface area contributed by atoms with Crippen molar-refractivity contribution in [1.82, 2.24) is 19.2 Å². The zero-order valence-corrected chi connectivity index (χ0v) is 18.2. The first-order valence-electron chi connectivity index (χ1n) is 10.3. The third kappa shape index (κ3) is 3.87. The number of rotatable bonds is 3. The van der Waals surface area contributed by atoms with E-state index in [1.54, 1.807) is 23.1 Å². The van der Waals surface area contributed by atoms with E-state index in [2.05, 4.69) is 9.97 Å². The predicted molar refractivity (Wildman–Crippen MR) is 117 cm³/mol. The molecule has 2 aliphatic rings. The zero-order chi connectivity index (χ0) is 23.2. The second-order valence-electron chi connectivity index (χ2n) is 7.67. The summed E-state index contributed by atoms with van der Waals surface area (Å²) in [7, 11) is -3.76. The van der Waals surface area contributed by atoms with Gasteiger partial charge >= 0.3 is 11.1 Å². The van der Waals surface area contributed by atoms with Gasteiger partial charge in [-0.05, 0) is 30.3 Å². The molecule has 33 heavy (non-hydrogen) atoms. The predicted octanol–water partition coefficient (Wildman–Crippen LogP) is 0.134. The van der Waals surface area contributed by atoms with Gasteiger partial charge < -0.3 is 24.3 Å². The van der Waals surface area contributed by atoms with E-state index in [0.29, 0.717) is 41.3 Å². The van der Waals surface area contributed by atoms with Gasteiger partial charge in [0.1, 0.15) is 13.2 Å². The summed E-state index contributed by atoms with van der Waals surface area (Å²) in [6, 6.07) is 9.12. The Morgan fingerprint density at radius 1 is 0.818 bits per heavy atom.